The first-order valence-corrected chi connectivity index (χ1v) is 5.93. The Morgan fingerprint density at radius 1 is 1.41 bits per heavy atom. The molecule has 0 radical (unpaired) electrons. The zero-order valence-electron chi connectivity index (χ0n) is 9.61. The Hall–Kier alpha value is -1.48. The summed E-state index contributed by atoms with van der Waals surface area (Å²) in [6, 6.07) is 7.84. The second-order valence-corrected chi connectivity index (χ2v) is 4.57. The van der Waals surface area contributed by atoms with Crippen molar-refractivity contribution in [2.45, 2.75) is 26.3 Å². The van der Waals surface area contributed by atoms with E-state index < -0.39 is 5.97 Å². The largest absolute Gasteiger partial charge is 0.481 e. The lowest BCUT2D eigenvalue weighted by Gasteiger charge is -2.07. The van der Waals surface area contributed by atoms with Crippen molar-refractivity contribution in [3.05, 3.63) is 35.0 Å². The second-order valence-electron chi connectivity index (χ2n) is 4.14. The summed E-state index contributed by atoms with van der Waals surface area (Å²) in [7, 11) is 0. The Kier molecular flexibility index (Phi) is 3.38. The summed E-state index contributed by atoms with van der Waals surface area (Å²) in [6.45, 7) is 2.75. The first-order chi connectivity index (χ1) is 8.08. The number of fused-ring (bicyclic) bond motifs is 1. The van der Waals surface area contributed by atoms with Gasteiger partial charge in [-0.15, -0.1) is 0 Å². The predicted molar refractivity (Wildman–Crippen MR) is 68.6 cm³/mol. The van der Waals surface area contributed by atoms with Gasteiger partial charge in [0.2, 0.25) is 0 Å². The minimum atomic E-state index is -0.748. The van der Waals surface area contributed by atoms with Crippen LogP contribution in [0.25, 0.3) is 10.9 Å². The van der Waals surface area contributed by atoms with Crippen LogP contribution in [0.1, 0.15) is 18.5 Å². The molecule has 0 unspecified atom stereocenters. The zero-order chi connectivity index (χ0) is 12.4. The molecule has 0 bridgehead atoms. The molecule has 2 aromatic rings. The Balaban J connectivity index is 2.27. The lowest BCUT2D eigenvalue weighted by Crippen LogP contribution is -2.03. The highest BCUT2D eigenvalue weighted by Gasteiger charge is 2.06. The summed E-state index contributed by atoms with van der Waals surface area (Å²) in [5, 5.41) is 10.5. The number of aryl methyl sites for hydroxylation is 2. The van der Waals surface area contributed by atoms with Gasteiger partial charge in [-0.1, -0.05) is 11.6 Å². The maximum atomic E-state index is 10.5. The van der Waals surface area contributed by atoms with Gasteiger partial charge in [0.1, 0.15) is 0 Å². The monoisotopic (exact) mass is 251 g/mol. The first-order valence-electron chi connectivity index (χ1n) is 5.55. The van der Waals surface area contributed by atoms with E-state index in [-0.39, 0.29) is 6.42 Å². The minimum absolute atomic E-state index is 0.201. The number of carboxylic acid groups (broad SMARTS) is 1. The second kappa shape index (κ2) is 4.80. The molecular weight excluding hydrogens is 238 g/mol. The molecule has 1 heterocycles. The number of carboxylic acids is 1. The molecule has 0 amide bonds. The molecule has 1 aromatic carbocycles. The van der Waals surface area contributed by atoms with Gasteiger partial charge in [-0.3, -0.25) is 4.79 Å². The molecule has 0 saturated heterocycles. The molecule has 0 aliphatic rings. The van der Waals surface area contributed by atoms with E-state index in [0.29, 0.717) is 6.42 Å². The highest BCUT2D eigenvalue weighted by molar-refractivity contribution is 6.31. The van der Waals surface area contributed by atoms with Gasteiger partial charge in [0.05, 0.1) is 0 Å². The average Bonchev–Trinajstić information content (AvgIpc) is 2.54. The number of halogens is 1. The summed E-state index contributed by atoms with van der Waals surface area (Å²) < 4.78 is 2.13. The summed E-state index contributed by atoms with van der Waals surface area (Å²) >= 11 is 5.94. The van der Waals surface area contributed by atoms with Gasteiger partial charge < -0.3 is 9.67 Å². The Morgan fingerprint density at radius 2 is 2.18 bits per heavy atom. The van der Waals surface area contributed by atoms with Gasteiger partial charge in [-0.2, -0.15) is 0 Å². The van der Waals surface area contributed by atoms with Gasteiger partial charge in [-0.05, 0) is 37.6 Å². The Labute approximate surface area is 105 Å². The molecule has 0 aliphatic heterocycles. The first kappa shape index (κ1) is 12.0. The van der Waals surface area contributed by atoms with Crippen molar-refractivity contribution in [2.75, 3.05) is 0 Å². The van der Waals surface area contributed by atoms with Crippen molar-refractivity contribution >= 4 is 28.5 Å². The van der Waals surface area contributed by atoms with Crippen molar-refractivity contribution in [1.29, 1.82) is 0 Å². The van der Waals surface area contributed by atoms with E-state index in [9.17, 15) is 4.79 Å². The van der Waals surface area contributed by atoms with Crippen LogP contribution in [0.5, 0.6) is 0 Å². The van der Waals surface area contributed by atoms with Gasteiger partial charge in [0, 0.05) is 34.6 Å². The zero-order valence-corrected chi connectivity index (χ0v) is 10.4. The fourth-order valence-electron chi connectivity index (χ4n) is 2.06. The number of benzene rings is 1. The third kappa shape index (κ3) is 2.61. The van der Waals surface area contributed by atoms with Crippen LogP contribution in [0.15, 0.2) is 24.3 Å². The van der Waals surface area contributed by atoms with Crippen LogP contribution in [-0.2, 0) is 11.3 Å². The molecule has 90 valence electrons. The van der Waals surface area contributed by atoms with E-state index in [0.717, 1.165) is 28.2 Å². The van der Waals surface area contributed by atoms with Crippen LogP contribution in [-0.4, -0.2) is 15.6 Å². The smallest absolute Gasteiger partial charge is 0.303 e. The standard InChI is InChI=1S/C13H14ClNO2/c1-9-7-10-8-11(14)4-5-12(10)15(9)6-2-3-13(16)17/h4-5,7-8H,2-3,6H2,1H3,(H,16,17). The molecular formula is C13H14ClNO2. The van der Waals surface area contributed by atoms with Gasteiger partial charge in [0.25, 0.3) is 0 Å². The van der Waals surface area contributed by atoms with Crippen molar-refractivity contribution < 1.29 is 9.90 Å². The third-order valence-corrected chi connectivity index (χ3v) is 3.08. The fourth-order valence-corrected chi connectivity index (χ4v) is 2.25. The minimum Gasteiger partial charge on any atom is -0.481 e. The van der Waals surface area contributed by atoms with Crippen LogP contribution < -0.4 is 0 Å². The van der Waals surface area contributed by atoms with Crippen LogP contribution in [0.2, 0.25) is 5.02 Å². The molecule has 0 aliphatic carbocycles. The average molecular weight is 252 g/mol. The quantitative estimate of drug-likeness (QED) is 0.904. The number of rotatable bonds is 4. The molecule has 0 saturated carbocycles. The molecule has 17 heavy (non-hydrogen) atoms. The van der Waals surface area contributed by atoms with E-state index >= 15 is 0 Å². The fraction of sp³-hybridized carbons (Fsp3) is 0.308. The summed E-state index contributed by atoms with van der Waals surface area (Å²) in [5.41, 5.74) is 2.24. The topological polar surface area (TPSA) is 42.2 Å². The van der Waals surface area contributed by atoms with Crippen LogP contribution in [0, 0.1) is 6.92 Å². The SMILES string of the molecule is Cc1cc2cc(Cl)ccc2n1CCCC(=O)O. The summed E-state index contributed by atoms with van der Waals surface area (Å²) in [5.74, 6) is -0.748. The molecule has 0 atom stereocenters. The van der Waals surface area contributed by atoms with Gasteiger partial charge >= 0.3 is 5.97 Å². The number of nitrogens with zero attached hydrogens (tertiary/aromatic N) is 1. The van der Waals surface area contributed by atoms with E-state index in [4.69, 9.17) is 16.7 Å². The Morgan fingerprint density at radius 3 is 2.88 bits per heavy atom. The van der Waals surface area contributed by atoms with E-state index in [1.165, 1.54) is 0 Å². The van der Waals surface area contributed by atoms with Gasteiger partial charge in [-0.25, -0.2) is 0 Å². The number of aliphatic carboxylic acids is 1. The molecule has 1 N–H and O–H groups in total. The van der Waals surface area contributed by atoms with Crippen LogP contribution in [0.3, 0.4) is 0 Å². The predicted octanol–water partition coefficient (Wildman–Crippen LogP) is 3.47. The molecule has 0 spiro atoms. The number of hydrogen-bond donors (Lipinski definition) is 1. The summed E-state index contributed by atoms with van der Waals surface area (Å²) in [6.07, 6.45) is 0.843. The molecule has 2 rings (SSSR count). The Bertz CT molecular complexity index is 560. The molecule has 4 heteroatoms. The van der Waals surface area contributed by atoms with E-state index in [1.54, 1.807) is 0 Å². The van der Waals surface area contributed by atoms with Crippen molar-refractivity contribution in [3.63, 3.8) is 0 Å². The maximum absolute atomic E-state index is 10.5. The number of aromatic nitrogens is 1. The molecule has 3 nitrogen and oxygen atoms in total. The van der Waals surface area contributed by atoms with Crippen LogP contribution >= 0.6 is 11.6 Å². The highest BCUT2D eigenvalue weighted by atomic mass is 35.5. The lowest BCUT2D eigenvalue weighted by atomic mass is 10.2. The third-order valence-electron chi connectivity index (χ3n) is 2.84. The van der Waals surface area contributed by atoms with E-state index in [1.807, 2.05) is 25.1 Å². The lowest BCUT2D eigenvalue weighted by molar-refractivity contribution is -0.137. The highest BCUT2D eigenvalue weighted by Crippen LogP contribution is 2.23. The van der Waals surface area contributed by atoms with Crippen molar-refractivity contribution in [2.24, 2.45) is 0 Å². The number of carbonyl (C=O) groups is 1. The van der Waals surface area contributed by atoms with Crippen molar-refractivity contribution in [3.8, 4) is 0 Å². The molecule has 0 fully saturated rings. The van der Waals surface area contributed by atoms with Gasteiger partial charge in [0.15, 0.2) is 0 Å². The number of hydrogen-bond acceptors (Lipinski definition) is 1. The van der Waals surface area contributed by atoms with Crippen molar-refractivity contribution in [1.82, 2.24) is 4.57 Å². The molecule has 1 aromatic heterocycles. The van der Waals surface area contributed by atoms with E-state index in [2.05, 4.69) is 10.6 Å². The van der Waals surface area contributed by atoms with Crippen LogP contribution in [0.4, 0.5) is 0 Å². The maximum Gasteiger partial charge on any atom is 0.303 e. The normalized spacial score (nSPS) is 10.9. The summed E-state index contributed by atoms with van der Waals surface area (Å²) in [4.78, 5) is 10.5.